The van der Waals surface area contributed by atoms with E-state index in [-0.39, 0.29) is 35.5 Å². The molecule has 0 aromatic heterocycles. The number of ether oxygens (including phenoxy) is 1. The summed E-state index contributed by atoms with van der Waals surface area (Å²) in [7, 11) is 0. The summed E-state index contributed by atoms with van der Waals surface area (Å²) in [4.78, 5) is 13.0. The van der Waals surface area contributed by atoms with Crippen molar-refractivity contribution in [3.63, 3.8) is 0 Å². The number of carbonyl (C=O) groups is 1. The normalized spacial score (nSPS) is 19.4. The summed E-state index contributed by atoms with van der Waals surface area (Å²) >= 11 is 5.89. The molecule has 1 fully saturated rings. The smallest absolute Gasteiger partial charge is 0.392 e. The van der Waals surface area contributed by atoms with Gasteiger partial charge in [-0.2, -0.15) is 13.2 Å². The van der Waals surface area contributed by atoms with Gasteiger partial charge in [-0.15, -0.1) is 0 Å². The van der Waals surface area contributed by atoms with Gasteiger partial charge in [0.25, 0.3) is 0 Å². The number of carbonyl (C=O) groups excluding carboxylic acids is 1. The SMILES string of the molecule is CC(C)Oc1cc(N2CCC(C(F)(F)F)CC2=O)c(F)cc1Cl. The highest BCUT2D eigenvalue weighted by Crippen LogP contribution is 2.38. The molecule has 1 amide bonds. The molecule has 2 rings (SSSR count). The van der Waals surface area contributed by atoms with E-state index >= 15 is 0 Å². The Morgan fingerprint density at radius 1 is 1.35 bits per heavy atom. The lowest BCUT2D eigenvalue weighted by molar-refractivity contribution is -0.182. The number of rotatable bonds is 3. The van der Waals surface area contributed by atoms with Gasteiger partial charge in [-0.1, -0.05) is 11.6 Å². The molecule has 1 atom stereocenters. The number of halogens is 5. The third-order valence-electron chi connectivity index (χ3n) is 3.54. The zero-order chi connectivity index (χ0) is 17.4. The first kappa shape index (κ1) is 17.8. The zero-order valence-corrected chi connectivity index (χ0v) is 13.3. The summed E-state index contributed by atoms with van der Waals surface area (Å²) < 4.78 is 57.6. The van der Waals surface area contributed by atoms with Gasteiger partial charge < -0.3 is 9.64 Å². The minimum atomic E-state index is -4.42. The molecule has 8 heteroatoms. The van der Waals surface area contributed by atoms with E-state index in [1.165, 1.54) is 6.07 Å². The summed E-state index contributed by atoms with van der Waals surface area (Å²) in [6.45, 7) is 3.29. The summed E-state index contributed by atoms with van der Waals surface area (Å²) in [5, 5.41) is 0.0394. The van der Waals surface area contributed by atoms with E-state index in [4.69, 9.17) is 16.3 Å². The van der Waals surface area contributed by atoms with E-state index in [9.17, 15) is 22.4 Å². The van der Waals surface area contributed by atoms with Crippen LogP contribution in [0.1, 0.15) is 26.7 Å². The molecule has 1 aromatic carbocycles. The van der Waals surface area contributed by atoms with Gasteiger partial charge in [-0.05, 0) is 26.3 Å². The second-order valence-corrected chi connectivity index (χ2v) is 6.08. The highest BCUT2D eigenvalue weighted by molar-refractivity contribution is 6.32. The summed E-state index contributed by atoms with van der Waals surface area (Å²) in [5.74, 6) is -3.04. The van der Waals surface area contributed by atoms with Crippen LogP contribution >= 0.6 is 11.6 Å². The van der Waals surface area contributed by atoms with E-state index in [1.54, 1.807) is 13.8 Å². The number of anilines is 1. The van der Waals surface area contributed by atoms with Crippen molar-refractivity contribution >= 4 is 23.2 Å². The van der Waals surface area contributed by atoms with Gasteiger partial charge in [0.05, 0.1) is 22.7 Å². The third-order valence-corrected chi connectivity index (χ3v) is 3.84. The predicted molar refractivity (Wildman–Crippen MR) is 78.3 cm³/mol. The van der Waals surface area contributed by atoms with Crippen molar-refractivity contribution < 1.29 is 27.1 Å². The average molecular weight is 354 g/mol. The molecule has 0 N–H and O–H groups in total. The number of alkyl halides is 3. The Kier molecular flexibility index (Phi) is 5.08. The van der Waals surface area contributed by atoms with Gasteiger partial charge in [-0.3, -0.25) is 4.79 Å². The minimum Gasteiger partial charge on any atom is -0.489 e. The van der Waals surface area contributed by atoms with Gasteiger partial charge in [0.1, 0.15) is 11.6 Å². The van der Waals surface area contributed by atoms with E-state index in [2.05, 4.69) is 0 Å². The monoisotopic (exact) mass is 353 g/mol. The molecule has 1 aromatic rings. The molecule has 1 unspecified atom stereocenters. The second kappa shape index (κ2) is 6.55. The molecule has 128 valence electrons. The van der Waals surface area contributed by atoms with Crippen molar-refractivity contribution in [1.29, 1.82) is 0 Å². The van der Waals surface area contributed by atoms with Crippen LogP contribution in [0.3, 0.4) is 0 Å². The van der Waals surface area contributed by atoms with E-state index in [1.807, 2.05) is 0 Å². The molecule has 1 saturated heterocycles. The first-order valence-electron chi connectivity index (χ1n) is 7.12. The lowest BCUT2D eigenvalue weighted by atomic mass is 9.95. The lowest BCUT2D eigenvalue weighted by Crippen LogP contribution is -2.43. The maximum absolute atomic E-state index is 14.1. The van der Waals surface area contributed by atoms with Crippen molar-refractivity contribution in [2.75, 3.05) is 11.4 Å². The predicted octanol–water partition coefficient (Wildman–Crippen LogP) is 4.57. The quantitative estimate of drug-likeness (QED) is 0.745. The van der Waals surface area contributed by atoms with Crippen molar-refractivity contribution in [2.45, 2.75) is 39.0 Å². The molecular formula is C15H16ClF4NO2. The van der Waals surface area contributed by atoms with Crippen LogP contribution in [0, 0.1) is 11.7 Å². The number of hydrogen-bond acceptors (Lipinski definition) is 2. The molecular weight excluding hydrogens is 338 g/mol. The number of piperidine rings is 1. The van der Waals surface area contributed by atoms with Crippen molar-refractivity contribution in [3.05, 3.63) is 23.0 Å². The summed E-state index contributed by atoms with van der Waals surface area (Å²) in [5.41, 5.74) is -0.115. The highest BCUT2D eigenvalue weighted by Gasteiger charge is 2.44. The number of nitrogens with zero attached hydrogens (tertiary/aromatic N) is 1. The topological polar surface area (TPSA) is 29.5 Å². The Hall–Kier alpha value is -1.50. The Balaban J connectivity index is 2.27. The van der Waals surface area contributed by atoms with Gasteiger partial charge in [0.15, 0.2) is 0 Å². The van der Waals surface area contributed by atoms with Gasteiger partial charge in [-0.25, -0.2) is 4.39 Å². The Morgan fingerprint density at radius 2 is 2.00 bits per heavy atom. The molecule has 1 aliphatic heterocycles. The largest absolute Gasteiger partial charge is 0.489 e. The van der Waals surface area contributed by atoms with E-state index in [0.717, 1.165) is 11.0 Å². The average Bonchev–Trinajstić information content (AvgIpc) is 2.41. The van der Waals surface area contributed by atoms with Crippen LogP contribution in [-0.2, 0) is 4.79 Å². The van der Waals surface area contributed by atoms with Crippen molar-refractivity contribution in [3.8, 4) is 5.75 Å². The molecule has 3 nitrogen and oxygen atoms in total. The Bertz CT molecular complexity index is 604. The molecule has 0 saturated carbocycles. The Labute approximate surface area is 136 Å². The van der Waals surface area contributed by atoms with Crippen LogP contribution in [0.2, 0.25) is 5.02 Å². The zero-order valence-electron chi connectivity index (χ0n) is 12.6. The third kappa shape index (κ3) is 4.07. The second-order valence-electron chi connectivity index (χ2n) is 5.68. The van der Waals surface area contributed by atoms with Crippen LogP contribution in [-0.4, -0.2) is 24.7 Å². The maximum atomic E-state index is 14.1. The van der Waals surface area contributed by atoms with Crippen LogP contribution in [0.4, 0.5) is 23.2 Å². The van der Waals surface area contributed by atoms with Crippen molar-refractivity contribution in [2.24, 2.45) is 5.92 Å². The molecule has 23 heavy (non-hydrogen) atoms. The number of hydrogen-bond donors (Lipinski definition) is 0. The molecule has 0 radical (unpaired) electrons. The van der Waals surface area contributed by atoms with Crippen LogP contribution in [0.25, 0.3) is 0 Å². The van der Waals surface area contributed by atoms with Crippen LogP contribution in [0.5, 0.6) is 5.75 Å². The number of benzene rings is 1. The Morgan fingerprint density at radius 3 is 2.52 bits per heavy atom. The van der Waals surface area contributed by atoms with Gasteiger partial charge in [0.2, 0.25) is 5.91 Å². The lowest BCUT2D eigenvalue weighted by Gasteiger charge is -2.33. The van der Waals surface area contributed by atoms with Gasteiger partial charge >= 0.3 is 6.18 Å². The van der Waals surface area contributed by atoms with Crippen LogP contribution in [0.15, 0.2) is 12.1 Å². The first-order valence-corrected chi connectivity index (χ1v) is 7.50. The standard InChI is InChI=1S/C15H16ClF4NO2/c1-8(2)23-13-7-12(11(17)6-10(13)16)21-4-3-9(5-14(21)22)15(18,19)20/h6-9H,3-5H2,1-2H3. The summed E-state index contributed by atoms with van der Waals surface area (Å²) in [6.07, 6.45) is -5.60. The fourth-order valence-electron chi connectivity index (χ4n) is 2.44. The van der Waals surface area contributed by atoms with E-state index in [0.29, 0.717) is 0 Å². The highest BCUT2D eigenvalue weighted by atomic mass is 35.5. The van der Waals surface area contributed by atoms with Crippen molar-refractivity contribution in [1.82, 2.24) is 0 Å². The molecule has 0 spiro atoms. The molecule has 0 aliphatic carbocycles. The molecule has 0 bridgehead atoms. The molecule has 1 aliphatic rings. The van der Waals surface area contributed by atoms with E-state index < -0.39 is 30.2 Å². The maximum Gasteiger partial charge on any atom is 0.392 e. The molecule has 1 heterocycles. The fourth-order valence-corrected chi connectivity index (χ4v) is 2.63. The fraction of sp³-hybridized carbons (Fsp3) is 0.533. The first-order chi connectivity index (χ1) is 10.6. The summed E-state index contributed by atoms with van der Waals surface area (Å²) in [6, 6.07) is 2.25. The number of amides is 1. The van der Waals surface area contributed by atoms with Gasteiger partial charge in [0, 0.05) is 19.0 Å². The van der Waals surface area contributed by atoms with Crippen LogP contribution < -0.4 is 9.64 Å². The minimum absolute atomic E-state index is 0.0394.